The van der Waals surface area contributed by atoms with Crippen molar-refractivity contribution >= 4 is 7.82 Å². The van der Waals surface area contributed by atoms with Crippen LogP contribution in [0, 0.1) is 0 Å². The minimum absolute atomic E-state index is 0.388. The number of phosphoric acid groups is 1. The van der Waals surface area contributed by atoms with Gasteiger partial charge in [-0.2, -0.15) is 0 Å². The highest BCUT2D eigenvalue weighted by atomic mass is 31.2. The van der Waals surface area contributed by atoms with E-state index in [-0.39, 0.29) is 0 Å². The lowest BCUT2D eigenvalue weighted by Crippen LogP contribution is -2.42. The van der Waals surface area contributed by atoms with E-state index in [4.69, 9.17) is 28.5 Å². The van der Waals surface area contributed by atoms with Crippen molar-refractivity contribution in [2.45, 2.75) is 167 Å². The molecule has 0 rings (SSSR count). The Bertz CT molecular complexity index is 641. The first-order valence-electron chi connectivity index (χ1n) is 18.4. The molecule has 0 amide bonds. The van der Waals surface area contributed by atoms with Crippen molar-refractivity contribution in [2.24, 2.45) is 0 Å². The van der Waals surface area contributed by atoms with Crippen molar-refractivity contribution in [3.05, 3.63) is 0 Å². The van der Waals surface area contributed by atoms with Crippen molar-refractivity contribution in [1.29, 1.82) is 0 Å². The van der Waals surface area contributed by atoms with Gasteiger partial charge in [-0.05, 0) is 25.7 Å². The number of hydrogen-bond acceptors (Lipinski definition) is 5. The van der Waals surface area contributed by atoms with Gasteiger partial charge in [-0.25, -0.2) is 4.57 Å². The van der Waals surface area contributed by atoms with Crippen LogP contribution >= 0.6 is 7.82 Å². The molecule has 0 fully saturated rings. The molecule has 266 valence electrons. The molecule has 9 heteroatoms. The van der Waals surface area contributed by atoms with Crippen LogP contribution in [0.3, 0.4) is 0 Å². The molecule has 0 aromatic rings. The SMILES string of the molecule is CCCCCCCCCCCCC(CCC)OCCCCCCCCCCOCCOCCC(C[N+](C)(C)C)OP(=O)(O)O. The van der Waals surface area contributed by atoms with E-state index >= 15 is 0 Å². The Balaban J connectivity index is 3.54. The van der Waals surface area contributed by atoms with Gasteiger partial charge < -0.3 is 28.5 Å². The molecule has 0 aliphatic carbocycles. The van der Waals surface area contributed by atoms with E-state index in [1.165, 1.54) is 128 Å². The zero-order valence-electron chi connectivity index (χ0n) is 29.8. The fraction of sp³-hybridized carbons (Fsp3) is 1.00. The Morgan fingerprint density at radius 2 is 1.00 bits per heavy atom. The van der Waals surface area contributed by atoms with Crippen LogP contribution in [-0.2, 0) is 23.3 Å². The summed E-state index contributed by atoms with van der Waals surface area (Å²) in [5, 5.41) is 0. The lowest BCUT2D eigenvalue weighted by atomic mass is 10.0. The number of likely N-dealkylation sites (N-methyl/N-ethyl adjacent to an activating group) is 1. The van der Waals surface area contributed by atoms with Gasteiger partial charge in [0, 0.05) is 26.2 Å². The summed E-state index contributed by atoms with van der Waals surface area (Å²) < 4.78 is 34.2. The molecule has 0 saturated heterocycles. The number of rotatable bonds is 35. The van der Waals surface area contributed by atoms with Gasteiger partial charge in [0.25, 0.3) is 0 Å². The van der Waals surface area contributed by atoms with E-state index in [1.807, 2.05) is 21.1 Å². The second-order valence-electron chi connectivity index (χ2n) is 13.8. The van der Waals surface area contributed by atoms with E-state index in [0.29, 0.717) is 43.4 Å². The highest BCUT2D eigenvalue weighted by Gasteiger charge is 2.26. The standard InChI is InChI=1S/C35H74NO7P/c1-6-8-9-10-11-12-13-16-19-22-26-34(25-7-2)42-29-24-21-18-15-14-17-20-23-28-40-31-32-41-30-27-35(33-36(3,4)5)43-44(37,38)39/h34-35H,6-33H2,1-5H3,(H-,37,38,39)/p+1. The Kier molecular flexibility index (Phi) is 30.3. The quantitative estimate of drug-likeness (QED) is 0.0400. The Morgan fingerprint density at radius 1 is 0.523 bits per heavy atom. The molecule has 44 heavy (non-hydrogen) atoms. The third kappa shape index (κ3) is 34.8. The third-order valence-corrected chi connectivity index (χ3v) is 8.59. The number of quaternary nitrogens is 1. The summed E-state index contributed by atoms with van der Waals surface area (Å²) >= 11 is 0. The highest BCUT2D eigenvalue weighted by Crippen LogP contribution is 2.38. The first-order chi connectivity index (χ1) is 21.1. The number of hydrogen-bond donors (Lipinski definition) is 2. The molecule has 2 atom stereocenters. The molecular weight excluding hydrogens is 577 g/mol. The van der Waals surface area contributed by atoms with E-state index < -0.39 is 13.9 Å². The molecule has 0 aliphatic rings. The van der Waals surface area contributed by atoms with Crippen molar-refractivity contribution < 1.29 is 37.6 Å². The summed E-state index contributed by atoms with van der Waals surface area (Å²) in [6.45, 7) is 8.16. The van der Waals surface area contributed by atoms with E-state index in [0.717, 1.165) is 19.6 Å². The van der Waals surface area contributed by atoms with Crippen molar-refractivity contribution in [3.63, 3.8) is 0 Å². The van der Waals surface area contributed by atoms with Crippen LogP contribution in [0.15, 0.2) is 0 Å². The van der Waals surface area contributed by atoms with E-state index in [9.17, 15) is 4.57 Å². The maximum atomic E-state index is 11.2. The molecule has 0 bridgehead atoms. The van der Waals surface area contributed by atoms with Gasteiger partial charge in [-0.3, -0.25) is 4.52 Å². The first-order valence-corrected chi connectivity index (χ1v) is 19.9. The molecule has 0 aromatic heterocycles. The minimum atomic E-state index is -4.51. The molecular formula is C35H75NO7P+. The van der Waals surface area contributed by atoms with Crippen molar-refractivity contribution in [1.82, 2.24) is 0 Å². The third-order valence-electron chi connectivity index (χ3n) is 8.02. The number of ether oxygens (including phenoxy) is 3. The Hall–Kier alpha value is -0.0500. The van der Waals surface area contributed by atoms with Gasteiger partial charge in [0.2, 0.25) is 0 Å². The van der Waals surface area contributed by atoms with Gasteiger partial charge in [0.1, 0.15) is 12.6 Å². The first kappa shape index (κ1) is 43.9. The van der Waals surface area contributed by atoms with Gasteiger partial charge in [-0.1, -0.05) is 123 Å². The average molecular weight is 653 g/mol. The maximum Gasteiger partial charge on any atom is 0.470 e. The van der Waals surface area contributed by atoms with Gasteiger partial charge in [0.15, 0.2) is 0 Å². The summed E-state index contributed by atoms with van der Waals surface area (Å²) in [4.78, 5) is 18.3. The molecule has 2 N–H and O–H groups in total. The lowest BCUT2D eigenvalue weighted by Gasteiger charge is -2.29. The van der Waals surface area contributed by atoms with E-state index in [1.54, 1.807) is 0 Å². The normalized spacial score (nSPS) is 13.9. The molecule has 0 radical (unpaired) electrons. The fourth-order valence-electron chi connectivity index (χ4n) is 5.63. The summed E-state index contributed by atoms with van der Waals surface area (Å²) in [6, 6.07) is 0. The van der Waals surface area contributed by atoms with Gasteiger partial charge >= 0.3 is 7.82 Å². The van der Waals surface area contributed by atoms with Crippen LogP contribution in [0.4, 0.5) is 0 Å². The summed E-state index contributed by atoms with van der Waals surface area (Å²) in [5.41, 5.74) is 0. The molecule has 8 nitrogen and oxygen atoms in total. The molecule has 0 aliphatic heterocycles. The highest BCUT2D eigenvalue weighted by molar-refractivity contribution is 7.46. The molecule has 0 saturated carbocycles. The number of unbranched alkanes of at least 4 members (excludes halogenated alkanes) is 16. The van der Waals surface area contributed by atoms with Crippen LogP contribution in [0.1, 0.15) is 155 Å². The second kappa shape index (κ2) is 30.3. The number of phosphoric ester groups is 1. The van der Waals surface area contributed by atoms with Gasteiger partial charge in [-0.15, -0.1) is 0 Å². The van der Waals surface area contributed by atoms with Crippen molar-refractivity contribution in [2.75, 3.05) is 60.7 Å². The summed E-state index contributed by atoms with van der Waals surface area (Å²) in [6.07, 6.45) is 28.0. The van der Waals surface area contributed by atoms with Crippen LogP contribution in [0.25, 0.3) is 0 Å². The topological polar surface area (TPSA) is 94.5 Å². The fourth-order valence-corrected chi connectivity index (χ4v) is 6.19. The minimum Gasteiger partial charge on any atom is -0.379 e. The lowest BCUT2D eigenvalue weighted by molar-refractivity contribution is -0.873. The average Bonchev–Trinajstić information content (AvgIpc) is 2.93. The maximum absolute atomic E-state index is 11.2. The van der Waals surface area contributed by atoms with E-state index in [2.05, 4.69) is 13.8 Å². The Morgan fingerprint density at radius 3 is 1.50 bits per heavy atom. The molecule has 0 aromatic carbocycles. The Labute approximate surface area is 273 Å². The molecule has 0 spiro atoms. The van der Waals surface area contributed by atoms with Crippen LogP contribution in [-0.4, -0.2) is 87.2 Å². The smallest absolute Gasteiger partial charge is 0.379 e. The second-order valence-corrected chi connectivity index (χ2v) is 15.0. The van der Waals surface area contributed by atoms with Crippen molar-refractivity contribution in [3.8, 4) is 0 Å². The molecule has 0 heterocycles. The zero-order chi connectivity index (χ0) is 32.8. The zero-order valence-corrected chi connectivity index (χ0v) is 30.7. The number of nitrogens with zero attached hydrogens (tertiary/aromatic N) is 1. The predicted octanol–water partition coefficient (Wildman–Crippen LogP) is 9.21. The van der Waals surface area contributed by atoms with Crippen LogP contribution in [0.2, 0.25) is 0 Å². The largest absolute Gasteiger partial charge is 0.470 e. The summed E-state index contributed by atoms with van der Waals surface area (Å²) in [7, 11) is 1.38. The summed E-state index contributed by atoms with van der Waals surface area (Å²) in [5.74, 6) is 0. The monoisotopic (exact) mass is 653 g/mol. The molecule has 2 unspecified atom stereocenters. The van der Waals surface area contributed by atoms with Crippen LogP contribution < -0.4 is 0 Å². The van der Waals surface area contributed by atoms with Gasteiger partial charge in [0.05, 0.1) is 40.5 Å². The van der Waals surface area contributed by atoms with Crippen LogP contribution in [0.5, 0.6) is 0 Å². The predicted molar refractivity (Wildman–Crippen MR) is 184 cm³/mol.